The SMILES string of the molecule is CC(Nc1cc(NN)nc(N)n1)C1CCCCC1. The number of nitrogens with zero attached hydrogens (tertiary/aromatic N) is 2. The summed E-state index contributed by atoms with van der Waals surface area (Å²) in [6.45, 7) is 2.20. The van der Waals surface area contributed by atoms with Gasteiger partial charge in [0.25, 0.3) is 0 Å². The van der Waals surface area contributed by atoms with E-state index in [0.29, 0.717) is 17.8 Å². The summed E-state index contributed by atoms with van der Waals surface area (Å²) in [6.07, 6.45) is 6.61. The highest BCUT2D eigenvalue weighted by atomic mass is 15.3. The highest BCUT2D eigenvalue weighted by Crippen LogP contribution is 2.28. The normalized spacial score (nSPS) is 18.3. The Morgan fingerprint density at radius 2 is 1.89 bits per heavy atom. The van der Waals surface area contributed by atoms with Gasteiger partial charge < -0.3 is 16.5 Å². The molecule has 0 radical (unpaired) electrons. The fourth-order valence-corrected chi connectivity index (χ4v) is 2.60. The Labute approximate surface area is 108 Å². The summed E-state index contributed by atoms with van der Waals surface area (Å²) in [7, 11) is 0. The molecule has 1 unspecified atom stereocenters. The first-order chi connectivity index (χ1) is 8.69. The molecule has 1 fully saturated rings. The minimum atomic E-state index is 0.226. The van der Waals surface area contributed by atoms with Crippen LogP contribution in [0.3, 0.4) is 0 Å². The van der Waals surface area contributed by atoms with Crippen LogP contribution in [0.4, 0.5) is 17.6 Å². The molecule has 1 aromatic heterocycles. The van der Waals surface area contributed by atoms with Crippen molar-refractivity contribution in [1.29, 1.82) is 0 Å². The van der Waals surface area contributed by atoms with Gasteiger partial charge in [-0.1, -0.05) is 19.3 Å². The Hall–Kier alpha value is -1.56. The third-order valence-corrected chi connectivity index (χ3v) is 3.62. The Balaban J connectivity index is 2.01. The molecule has 0 aromatic carbocycles. The van der Waals surface area contributed by atoms with Crippen LogP contribution >= 0.6 is 0 Å². The second-order valence-electron chi connectivity index (χ2n) is 4.97. The van der Waals surface area contributed by atoms with E-state index in [0.717, 1.165) is 5.82 Å². The van der Waals surface area contributed by atoms with Crippen molar-refractivity contribution in [3.05, 3.63) is 6.07 Å². The van der Waals surface area contributed by atoms with Gasteiger partial charge in [0, 0.05) is 12.1 Å². The molecule has 1 atom stereocenters. The van der Waals surface area contributed by atoms with Gasteiger partial charge in [0.2, 0.25) is 5.95 Å². The van der Waals surface area contributed by atoms with Crippen molar-refractivity contribution >= 4 is 17.6 Å². The second-order valence-corrected chi connectivity index (χ2v) is 4.97. The first-order valence-electron chi connectivity index (χ1n) is 6.56. The third kappa shape index (κ3) is 3.22. The lowest BCUT2D eigenvalue weighted by atomic mass is 9.84. The second kappa shape index (κ2) is 5.86. The lowest BCUT2D eigenvalue weighted by Gasteiger charge is -2.28. The van der Waals surface area contributed by atoms with Gasteiger partial charge in [-0.15, -0.1) is 0 Å². The molecule has 0 bridgehead atoms. The summed E-state index contributed by atoms with van der Waals surface area (Å²) in [5.74, 6) is 7.53. The average Bonchev–Trinajstić information content (AvgIpc) is 2.39. The number of rotatable bonds is 4. The van der Waals surface area contributed by atoms with Crippen molar-refractivity contribution in [3.63, 3.8) is 0 Å². The molecule has 1 aromatic rings. The number of hydrazine groups is 1. The van der Waals surface area contributed by atoms with E-state index in [2.05, 4.69) is 27.6 Å². The van der Waals surface area contributed by atoms with E-state index in [9.17, 15) is 0 Å². The highest BCUT2D eigenvalue weighted by molar-refractivity contribution is 5.50. The number of anilines is 3. The first-order valence-corrected chi connectivity index (χ1v) is 6.56. The van der Waals surface area contributed by atoms with Crippen LogP contribution in [0.2, 0.25) is 0 Å². The Morgan fingerprint density at radius 1 is 1.22 bits per heavy atom. The standard InChI is InChI=1S/C12H22N6/c1-8(9-5-3-2-4-6-9)15-10-7-11(18-14)17-12(13)16-10/h7-9H,2-6,14H2,1H3,(H4,13,15,16,17,18). The smallest absolute Gasteiger partial charge is 0.223 e. The Bertz CT molecular complexity index is 388. The molecule has 1 aliphatic rings. The van der Waals surface area contributed by atoms with Crippen molar-refractivity contribution in [2.24, 2.45) is 11.8 Å². The van der Waals surface area contributed by atoms with Crippen LogP contribution in [-0.2, 0) is 0 Å². The van der Waals surface area contributed by atoms with Gasteiger partial charge in [-0.05, 0) is 25.7 Å². The molecule has 0 saturated heterocycles. The van der Waals surface area contributed by atoms with E-state index >= 15 is 0 Å². The number of nitrogens with one attached hydrogen (secondary N) is 2. The van der Waals surface area contributed by atoms with Gasteiger partial charge in [0.1, 0.15) is 11.6 Å². The van der Waals surface area contributed by atoms with E-state index in [1.54, 1.807) is 6.07 Å². The predicted octanol–water partition coefficient (Wildman–Crippen LogP) is 1.73. The van der Waals surface area contributed by atoms with Gasteiger partial charge >= 0.3 is 0 Å². The summed E-state index contributed by atoms with van der Waals surface area (Å²) < 4.78 is 0. The Kier molecular flexibility index (Phi) is 4.19. The van der Waals surface area contributed by atoms with Crippen LogP contribution in [0, 0.1) is 5.92 Å². The molecule has 1 saturated carbocycles. The number of nitrogen functional groups attached to an aromatic ring is 2. The fourth-order valence-electron chi connectivity index (χ4n) is 2.60. The zero-order valence-corrected chi connectivity index (χ0v) is 10.8. The van der Waals surface area contributed by atoms with Crippen LogP contribution in [-0.4, -0.2) is 16.0 Å². The molecule has 1 aliphatic carbocycles. The molecule has 100 valence electrons. The lowest BCUT2D eigenvalue weighted by Crippen LogP contribution is -2.28. The van der Waals surface area contributed by atoms with Gasteiger partial charge in [-0.3, -0.25) is 0 Å². The molecule has 2 rings (SSSR count). The molecule has 6 heteroatoms. The third-order valence-electron chi connectivity index (χ3n) is 3.62. The predicted molar refractivity (Wildman–Crippen MR) is 73.9 cm³/mol. The average molecular weight is 250 g/mol. The van der Waals surface area contributed by atoms with E-state index in [1.165, 1.54) is 32.1 Å². The number of aromatic nitrogens is 2. The molecule has 0 spiro atoms. The summed E-state index contributed by atoms with van der Waals surface area (Å²) >= 11 is 0. The van der Waals surface area contributed by atoms with Crippen LogP contribution in [0.25, 0.3) is 0 Å². The van der Waals surface area contributed by atoms with E-state index in [1.807, 2.05) is 0 Å². The van der Waals surface area contributed by atoms with E-state index < -0.39 is 0 Å². The summed E-state index contributed by atoms with van der Waals surface area (Å²) in [6, 6.07) is 2.17. The van der Waals surface area contributed by atoms with Gasteiger partial charge in [0.15, 0.2) is 0 Å². The van der Waals surface area contributed by atoms with Crippen molar-refractivity contribution in [2.45, 2.75) is 45.1 Å². The van der Waals surface area contributed by atoms with E-state index in [4.69, 9.17) is 11.6 Å². The number of nitrogens with two attached hydrogens (primary N) is 2. The Morgan fingerprint density at radius 3 is 2.56 bits per heavy atom. The lowest BCUT2D eigenvalue weighted by molar-refractivity contribution is 0.328. The summed E-state index contributed by atoms with van der Waals surface area (Å²) in [5, 5.41) is 3.40. The van der Waals surface area contributed by atoms with Crippen LogP contribution in [0.5, 0.6) is 0 Å². The van der Waals surface area contributed by atoms with Gasteiger partial charge in [0.05, 0.1) is 0 Å². The van der Waals surface area contributed by atoms with Crippen LogP contribution in [0.15, 0.2) is 6.07 Å². The fraction of sp³-hybridized carbons (Fsp3) is 0.667. The van der Waals surface area contributed by atoms with Crippen LogP contribution in [0.1, 0.15) is 39.0 Å². The van der Waals surface area contributed by atoms with Crippen molar-refractivity contribution in [2.75, 3.05) is 16.5 Å². The topological polar surface area (TPSA) is 102 Å². The zero-order chi connectivity index (χ0) is 13.0. The molecular weight excluding hydrogens is 228 g/mol. The van der Waals surface area contributed by atoms with Crippen LogP contribution < -0.4 is 22.3 Å². The molecule has 0 aliphatic heterocycles. The van der Waals surface area contributed by atoms with E-state index in [-0.39, 0.29) is 5.95 Å². The minimum Gasteiger partial charge on any atom is -0.368 e. The highest BCUT2D eigenvalue weighted by Gasteiger charge is 2.20. The van der Waals surface area contributed by atoms with Crippen molar-refractivity contribution in [1.82, 2.24) is 9.97 Å². The maximum atomic E-state index is 5.63. The summed E-state index contributed by atoms with van der Waals surface area (Å²) in [4.78, 5) is 8.14. The number of hydrogen-bond acceptors (Lipinski definition) is 6. The van der Waals surface area contributed by atoms with Gasteiger partial charge in [-0.2, -0.15) is 9.97 Å². The molecule has 1 heterocycles. The van der Waals surface area contributed by atoms with Crippen molar-refractivity contribution < 1.29 is 0 Å². The van der Waals surface area contributed by atoms with Crippen molar-refractivity contribution in [3.8, 4) is 0 Å². The molecule has 6 N–H and O–H groups in total. The molecule has 18 heavy (non-hydrogen) atoms. The zero-order valence-electron chi connectivity index (χ0n) is 10.8. The maximum absolute atomic E-state index is 5.63. The number of hydrogen-bond donors (Lipinski definition) is 4. The quantitative estimate of drug-likeness (QED) is 0.479. The van der Waals surface area contributed by atoms with Gasteiger partial charge in [-0.25, -0.2) is 5.84 Å². The molecule has 6 nitrogen and oxygen atoms in total. The molecular formula is C12H22N6. The largest absolute Gasteiger partial charge is 0.368 e. The minimum absolute atomic E-state index is 0.226. The monoisotopic (exact) mass is 250 g/mol. The molecule has 0 amide bonds. The summed E-state index contributed by atoms with van der Waals surface area (Å²) in [5.41, 5.74) is 8.12. The first kappa shape index (κ1) is 12.9. The maximum Gasteiger partial charge on any atom is 0.223 e.